The van der Waals surface area contributed by atoms with E-state index in [1.807, 2.05) is 58.8 Å². The molecule has 2 aromatic carbocycles. The van der Waals surface area contributed by atoms with Gasteiger partial charge in [-0.25, -0.2) is 9.37 Å². The molecule has 0 aliphatic heterocycles. The summed E-state index contributed by atoms with van der Waals surface area (Å²) < 4.78 is 17.4. The Bertz CT molecular complexity index is 1710. The first kappa shape index (κ1) is 24.0. The van der Waals surface area contributed by atoms with E-state index in [4.69, 9.17) is 4.98 Å². The molecule has 182 valence electrons. The SMILES string of the molecule is Fc1cc(-c2cn(SI)c3ncc(CNCc4ccccc4)cc23)cc2c(-c3cccnc3)ccnc12. The largest absolute Gasteiger partial charge is 0.309 e. The van der Waals surface area contributed by atoms with Crippen LogP contribution in [0.5, 0.6) is 0 Å². The van der Waals surface area contributed by atoms with E-state index in [0.29, 0.717) is 12.1 Å². The molecule has 0 spiro atoms. The molecule has 6 rings (SSSR count). The Hall–Kier alpha value is -3.34. The minimum absolute atomic E-state index is 0.348. The molecule has 37 heavy (non-hydrogen) atoms. The highest BCUT2D eigenvalue weighted by Gasteiger charge is 2.17. The van der Waals surface area contributed by atoms with Gasteiger partial charge in [0.15, 0.2) is 5.65 Å². The van der Waals surface area contributed by atoms with Crippen LogP contribution < -0.4 is 5.32 Å². The number of nitrogens with zero attached hydrogens (tertiary/aromatic N) is 4. The molecular formula is C29H21FIN5S. The van der Waals surface area contributed by atoms with Crippen molar-refractivity contribution in [2.45, 2.75) is 13.1 Å². The molecule has 4 aromatic heterocycles. The average molecular weight is 617 g/mol. The molecule has 5 nitrogen and oxygen atoms in total. The van der Waals surface area contributed by atoms with Crippen LogP contribution in [0.1, 0.15) is 11.1 Å². The van der Waals surface area contributed by atoms with Crippen LogP contribution in [-0.4, -0.2) is 18.9 Å². The Labute approximate surface area is 229 Å². The van der Waals surface area contributed by atoms with E-state index in [0.717, 1.165) is 50.8 Å². The summed E-state index contributed by atoms with van der Waals surface area (Å²) in [6.45, 7) is 1.46. The van der Waals surface area contributed by atoms with Crippen LogP contribution >= 0.6 is 30.3 Å². The Balaban J connectivity index is 1.42. The number of pyridine rings is 3. The van der Waals surface area contributed by atoms with E-state index in [9.17, 15) is 0 Å². The number of nitrogens with one attached hydrogen (secondary N) is 1. The van der Waals surface area contributed by atoms with Crippen LogP contribution in [0.15, 0.2) is 97.7 Å². The topological polar surface area (TPSA) is 55.6 Å². The zero-order valence-electron chi connectivity index (χ0n) is 19.6. The predicted octanol–water partition coefficient (Wildman–Crippen LogP) is 7.59. The van der Waals surface area contributed by atoms with Gasteiger partial charge in [-0.3, -0.25) is 13.9 Å². The highest BCUT2D eigenvalue weighted by Crippen LogP contribution is 2.38. The van der Waals surface area contributed by atoms with E-state index in [2.05, 4.69) is 54.7 Å². The Morgan fingerprint density at radius 2 is 1.68 bits per heavy atom. The maximum absolute atomic E-state index is 15.4. The summed E-state index contributed by atoms with van der Waals surface area (Å²) >= 11 is 2.24. The summed E-state index contributed by atoms with van der Waals surface area (Å²) in [7, 11) is 1.54. The number of hydrogen-bond donors (Lipinski definition) is 1. The second-order valence-corrected chi connectivity index (χ2v) is 10.4. The third-order valence-corrected chi connectivity index (χ3v) is 8.03. The summed E-state index contributed by atoms with van der Waals surface area (Å²) in [5, 5.41) is 5.23. The number of benzene rings is 2. The van der Waals surface area contributed by atoms with Crippen LogP contribution in [0, 0.1) is 5.82 Å². The molecule has 0 amide bonds. The third kappa shape index (κ3) is 4.84. The molecule has 0 fully saturated rings. The zero-order valence-corrected chi connectivity index (χ0v) is 22.6. The normalized spacial score (nSPS) is 11.4. The van der Waals surface area contributed by atoms with Gasteiger partial charge in [-0.05, 0) is 52.6 Å². The smallest absolute Gasteiger partial charge is 0.151 e. The number of fused-ring (bicyclic) bond motifs is 2. The first-order valence-electron chi connectivity index (χ1n) is 11.7. The summed E-state index contributed by atoms with van der Waals surface area (Å²) in [5.74, 6) is -0.352. The molecule has 0 saturated carbocycles. The van der Waals surface area contributed by atoms with Gasteiger partial charge >= 0.3 is 0 Å². The fourth-order valence-electron chi connectivity index (χ4n) is 4.59. The molecular weight excluding hydrogens is 596 g/mol. The number of hydrogen-bond acceptors (Lipinski definition) is 5. The van der Waals surface area contributed by atoms with Crippen LogP contribution in [0.4, 0.5) is 4.39 Å². The lowest BCUT2D eigenvalue weighted by Gasteiger charge is -2.10. The summed E-state index contributed by atoms with van der Waals surface area (Å²) in [6.07, 6.45) is 9.09. The van der Waals surface area contributed by atoms with Crippen molar-refractivity contribution in [1.82, 2.24) is 24.2 Å². The first-order valence-corrected chi connectivity index (χ1v) is 15.1. The number of rotatable bonds is 7. The van der Waals surface area contributed by atoms with Crippen molar-refractivity contribution in [2.75, 3.05) is 0 Å². The van der Waals surface area contributed by atoms with Gasteiger partial charge in [-0.15, -0.1) is 0 Å². The second kappa shape index (κ2) is 10.6. The van der Waals surface area contributed by atoms with Gasteiger partial charge in [0.25, 0.3) is 0 Å². The van der Waals surface area contributed by atoms with Crippen LogP contribution in [0.3, 0.4) is 0 Å². The van der Waals surface area contributed by atoms with Crippen molar-refractivity contribution < 1.29 is 4.39 Å². The van der Waals surface area contributed by atoms with Gasteiger partial charge in [0.05, 0.1) is 0 Å². The number of aromatic nitrogens is 4. The van der Waals surface area contributed by atoms with Crippen LogP contribution in [-0.2, 0) is 13.1 Å². The van der Waals surface area contributed by atoms with Crippen molar-refractivity contribution in [1.29, 1.82) is 0 Å². The molecule has 0 atom stereocenters. The fourth-order valence-corrected chi connectivity index (χ4v) is 5.85. The second-order valence-electron chi connectivity index (χ2n) is 8.70. The van der Waals surface area contributed by atoms with E-state index >= 15 is 4.39 Å². The Morgan fingerprint density at radius 1 is 0.811 bits per heavy atom. The molecule has 1 N–H and O–H groups in total. The summed E-state index contributed by atoms with van der Waals surface area (Å²) in [5.41, 5.74) is 7.03. The van der Waals surface area contributed by atoms with Crippen LogP contribution in [0.25, 0.3) is 44.2 Å². The van der Waals surface area contributed by atoms with Crippen molar-refractivity contribution in [2.24, 2.45) is 0 Å². The maximum Gasteiger partial charge on any atom is 0.151 e. The van der Waals surface area contributed by atoms with Crippen molar-refractivity contribution in [3.8, 4) is 22.3 Å². The average Bonchev–Trinajstić information content (AvgIpc) is 3.32. The lowest BCUT2D eigenvalue weighted by molar-refractivity contribution is 0.637. The molecule has 0 saturated heterocycles. The van der Waals surface area contributed by atoms with Crippen molar-refractivity contribution in [3.05, 3.63) is 115 Å². The standard InChI is InChI=1S/C29H21FIN5S/c30-27-13-22(12-24-23(8-10-34-28(24)27)21-7-4-9-32-17-21)26-18-36(37-31)29-25(26)11-20(16-35-29)15-33-14-19-5-2-1-3-6-19/h1-13,16-18,33H,14-15H2. The monoisotopic (exact) mass is 617 g/mol. The highest BCUT2D eigenvalue weighted by molar-refractivity contribution is 14.2. The Morgan fingerprint density at radius 3 is 2.49 bits per heavy atom. The summed E-state index contributed by atoms with van der Waals surface area (Å²) in [4.78, 5) is 13.3. The van der Waals surface area contributed by atoms with Crippen LogP contribution in [0.2, 0.25) is 0 Å². The minimum Gasteiger partial charge on any atom is -0.309 e. The van der Waals surface area contributed by atoms with Gasteiger partial charge in [-0.1, -0.05) is 36.4 Å². The van der Waals surface area contributed by atoms with Gasteiger partial charge in [-0.2, -0.15) is 0 Å². The molecule has 8 heteroatoms. The first-order chi connectivity index (χ1) is 18.2. The van der Waals surface area contributed by atoms with Crippen molar-refractivity contribution >= 4 is 52.3 Å². The molecule has 0 radical (unpaired) electrons. The highest BCUT2D eigenvalue weighted by atomic mass is 127. The fraction of sp³-hybridized carbons (Fsp3) is 0.0690. The molecule has 0 unspecified atom stereocenters. The van der Waals surface area contributed by atoms with E-state index in [1.165, 1.54) is 14.7 Å². The molecule has 0 bridgehead atoms. The van der Waals surface area contributed by atoms with E-state index in [-0.39, 0.29) is 5.82 Å². The predicted molar refractivity (Wildman–Crippen MR) is 158 cm³/mol. The van der Waals surface area contributed by atoms with Gasteiger partial charge < -0.3 is 5.32 Å². The quantitative estimate of drug-likeness (QED) is 0.187. The zero-order chi connectivity index (χ0) is 25.2. The summed E-state index contributed by atoms with van der Waals surface area (Å²) in [6, 6.07) is 21.8. The minimum atomic E-state index is -0.352. The lowest BCUT2D eigenvalue weighted by Crippen LogP contribution is -2.12. The van der Waals surface area contributed by atoms with Gasteiger partial charge in [0.1, 0.15) is 11.3 Å². The molecule has 0 aliphatic rings. The maximum atomic E-state index is 15.4. The molecule has 0 aliphatic carbocycles. The molecule has 6 aromatic rings. The molecule has 4 heterocycles. The van der Waals surface area contributed by atoms with Gasteiger partial charge in [0, 0.05) is 96.3 Å². The third-order valence-electron chi connectivity index (χ3n) is 6.33. The number of halogens is 2. The van der Waals surface area contributed by atoms with Crippen molar-refractivity contribution in [3.63, 3.8) is 0 Å². The van der Waals surface area contributed by atoms with Gasteiger partial charge in [0.2, 0.25) is 0 Å². The van der Waals surface area contributed by atoms with E-state index < -0.39 is 0 Å². The Kier molecular flexibility index (Phi) is 6.86. The van der Waals surface area contributed by atoms with E-state index in [1.54, 1.807) is 24.7 Å². The lowest BCUT2D eigenvalue weighted by atomic mass is 9.97.